The molecule has 20 heavy (non-hydrogen) atoms. The van der Waals surface area contributed by atoms with Gasteiger partial charge in [0.05, 0.1) is 18.8 Å². The second-order valence-electron chi connectivity index (χ2n) is 5.80. The molecule has 0 radical (unpaired) electrons. The summed E-state index contributed by atoms with van der Waals surface area (Å²) < 4.78 is 5.82. The number of rotatable bonds is 4. The quantitative estimate of drug-likeness (QED) is 0.927. The Balaban J connectivity index is 1.54. The van der Waals surface area contributed by atoms with Crippen molar-refractivity contribution >= 4 is 11.6 Å². The second kappa shape index (κ2) is 6.44. The largest absolute Gasteiger partial charge is 0.388 e. The molecule has 3 nitrogen and oxygen atoms in total. The van der Waals surface area contributed by atoms with Crippen LogP contribution in [0.4, 0.5) is 0 Å². The van der Waals surface area contributed by atoms with Gasteiger partial charge in [0.2, 0.25) is 0 Å². The van der Waals surface area contributed by atoms with E-state index in [4.69, 9.17) is 16.3 Å². The normalized spacial score (nSPS) is 28.3. The maximum absolute atomic E-state index is 10.3. The lowest BCUT2D eigenvalue weighted by molar-refractivity contribution is -0.0587. The molecule has 3 unspecified atom stereocenters. The average Bonchev–Trinajstić information content (AvgIpc) is 2.94. The van der Waals surface area contributed by atoms with Crippen molar-refractivity contribution in [3.63, 3.8) is 0 Å². The highest BCUT2D eigenvalue weighted by molar-refractivity contribution is 6.30. The van der Waals surface area contributed by atoms with Crippen LogP contribution in [-0.2, 0) is 4.74 Å². The fourth-order valence-corrected chi connectivity index (χ4v) is 3.55. The predicted octanol–water partition coefficient (Wildman–Crippen LogP) is 3.02. The first-order valence-electron chi connectivity index (χ1n) is 7.53. The van der Waals surface area contributed by atoms with E-state index < -0.39 is 6.10 Å². The molecule has 1 saturated heterocycles. The van der Waals surface area contributed by atoms with Crippen LogP contribution in [0.25, 0.3) is 0 Å². The fraction of sp³-hybridized carbons (Fsp3) is 0.625. The molecule has 0 spiro atoms. The first-order chi connectivity index (χ1) is 9.74. The van der Waals surface area contributed by atoms with Crippen LogP contribution >= 0.6 is 11.6 Å². The van der Waals surface area contributed by atoms with Crippen molar-refractivity contribution in [3.8, 4) is 0 Å². The molecule has 1 aliphatic heterocycles. The van der Waals surface area contributed by atoms with E-state index in [1.165, 1.54) is 19.3 Å². The van der Waals surface area contributed by atoms with Crippen molar-refractivity contribution in [2.75, 3.05) is 19.7 Å². The Morgan fingerprint density at radius 1 is 1.30 bits per heavy atom. The Labute approximate surface area is 125 Å². The van der Waals surface area contributed by atoms with Gasteiger partial charge in [-0.2, -0.15) is 0 Å². The molecule has 2 aliphatic rings. The molecule has 1 aliphatic carbocycles. The van der Waals surface area contributed by atoms with Crippen molar-refractivity contribution in [2.24, 2.45) is 0 Å². The molecule has 1 N–H and O–H groups in total. The van der Waals surface area contributed by atoms with Crippen LogP contribution in [0.5, 0.6) is 0 Å². The zero-order chi connectivity index (χ0) is 13.9. The summed E-state index contributed by atoms with van der Waals surface area (Å²) in [4.78, 5) is 2.50. The summed E-state index contributed by atoms with van der Waals surface area (Å²) in [6, 6.07) is 8.06. The van der Waals surface area contributed by atoms with Gasteiger partial charge in [0.25, 0.3) is 0 Å². The molecule has 3 rings (SSSR count). The monoisotopic (exact) mass is 295 g/mol. The summed E-state index contributed by atoms with van der Waals surface area (Å²) in [5.41, 5.74) is 0.950. The first-order valence-corrected chi connectivity index (χ1v) is 7.91. The molecule has 1 aromatic carbocycles. The topological polar surface area (TPSA) is 32.7 Å². The number of hydrogen-bond donors (Lipinski definition) is 1. The van der Waals surface area contributed by atoms with Gasteiger partial charge in [0.15, 0.2) is 0 Å². The summed E-state index contributed by atoms with van der Waals surface area (Å²) in [6.45, 7) is 2.76. The minimum Gasteiger partial charge on any atom is -0.388 e. The average molecular weight is 296 g/mol. The predicted molar refractivity (Wildman–Crippen MR) is 80.0 cm³/mol. The lowest BCUT2D eigenvalue weighted by atomic mass is 10.0. The third-order valence-electron chi connectivity index (χ3n) is 4.54. The summed E-state index contributed by atoms with van der Waals surface area (Å²) >= 11 is 5.87. The standard InChI is InChI=1S/C16H22ClNO2/c17-13-6-4-12(5-7-13)15(19)8-9-18-10-11-20-16-3-1-2-14(16)18/h4-7,14-16,19H,1-3,8-11H2. The van der Waals surface area contributed by atoms with Crippen LogP contribution in [0, 0.1) is 0 Å². The first kappa shape index (κ1) is 14.3. The molecular formula is C16H22ClNO2. The van der Waals surface area contributed by atoms with Crippen molar-refractivity contribution < 1.29 is 9.84 Å². The zero-order valence-corrected chi connectivity index (χ0v) is 12.4. The van der Waals surface area contributed by atoms with Crippen LogP contribution in [-0.4, -0.2) is 41.8 Å². The highest BCUT2D eigenvalue weighted by Gasteiger charge is 2.35. The van der Waals surface area contributed by atoms with Gasteiger partial charge in [-0.15, -0.1) is 0 Å². The van der Waals surface area contributed by atoms with Crippen molar-refractivity contribution in [1.82, 2.24) is 4.90 Å². The minimum absolute atomic E-state index is 0.407. The summed E-state index contributed by atoms with van der Waals surface area (Å²) in [7, 11) is 0. The van der Waals surface area contributed by atoms with Crippen LogP contribution in [0.15, 0.2) is 24.3 Å². The maximum Gasteiger partial charge on any atom is 0.0802 e. The Kier molecular flexibility index (Phi) is 4.61. The van der Waals surface area contributed by atoms with Crippen LogP contribution < -0.4 is 0 Å². The molecule has 1 saturated carbocycles. The molecular weight excluding hydrogens is 274 g/mol. The Hall–Kier alpha value is -0.610. The van der Waals surface area contributed by atoms with Gasteiger partial charge in [0, 0.05) is 24.2 Å². The van der Waals surface area contributed by atoms with Crippen molar-refractivity contribution in [2.45, 2.75) is 43.9 Å². The number of nitrogens with zero attached hydrogens (tertiary/aromatic N) is 1. The number of ether oxygens (including phenoxy) is 1. The highest BCUT2D eigenvalue weighted by atomic mass is 35.5. The molecule has 2 fully saturated rings. The van der Waals surface area contributed by atoms with E-state index in [1.807, 2.05) is 24.3 Å². The van der Waals surface area contributed by atoms with Gasteiger partial charge in [-0.25, -0.2) is 0 Å². The van der Waals surface area contributed by atoms with Gasteiger partial charge in [-0.05, 0) is 43.4 Å². The summed E-state index contributed by atoms with van der Waals surface area (Å²) in [6.07, 6.45) is 4.49. The zero-order valence-electron chi connectivity index (χ0n) is 11.7. The number of aliphatic hydroxyl groups is 1. The summed E-state index contributed by atoms with van der Waals surface area (Å²) in [5, 5.41) is 11.0. The van der Waals surface area contributed by atoms with Crippen molar-refractivity contribution in [1.29, 1.82) is 0 Å². The van der Waals surface area contributed by atoms with Gasteiger partial charge >= 0.3 is 0 Å². The fourth-order valence-electron chi connectivity index (χ4n) is 3.42. The molecule has 0 aromatic heterocycles. The van der Waals surface area contributed by atoms with Gasteiger partial charge in [-0.1, -0.05) is 23.7 Å². The van der Waals surface area contributed by atoms with E-state index in [0.29, 0.717) is 17.2 Å². The van der Waals surface area contributed by atoms with Crippen LogP contribution in [0.2, 0.25) is 5.02 Å². The molecule has 110 valence electrons. The van der Waals surface area contributed by atoms with E-state index in [0.717, 1.165) is 31.7 Å². The SMILES string of the molecule is OC(CCN1CCOC2CCCC21)c1ccc(Cl)cc1. The van der Waals surface area contributed by atoms with E-state index in [-0.39, 0.29) is 0 Å². The van der Waals surface area contributed by atoms with Crippen LogP contribution in [0.1, 0.15) is 37.4 Å². The van der Waals surface area contributed by atoms with E-state index in [9.17, 15) is 5.11 Å². The lowest BCUT2D eigenvalue weighted by Gasteiger charge is -2.38. The van der Waals surface area contributed by atoms with E-state index >= 15 is 0 Å². The van der Waals surface area contributed by atoms with Gasteiger partial charge < -0.3 is 9.84 Å². The highest BCUT2D eigenvalue weighted by Crippen LogP contribution is 2.30. The van der Waals surface area contributed by atoms with E-state index in [1.54, 1.807) is 0 Å². The molecule has 4 heteroatoms. The van der Waals surface area contributed by atoms with Gasteiger partial charge in [-0.3, -0.25) is 4.90 Å². The number of morpholine rings is 1. The maximum atomic E-state index is 10.3. The Morgan fingerprint density at radius 2 is 2.10 bits per heavy atom. The van der Waals surface area contributed by atoms with E-state index in [2.05, 4.69) is 4.90 Å². The lowest BCUT2D eigenvalue weighted by Crippen LogP contribution is -2.48. The number of halogens is 1. The number of aliphatic hydroxyl groups excluding tert-OH is 1. The number of fused-ring (bicyclic) bond motifs is 1. The third-order valence-corrected chi connectivity index (χ3v) is 4.79. The minimum atomic E-state index is -0.407. The third kappa shape index (κ3) is 3.17. The molecule has 3 atom stereocenters. The second-order valence-corrected chi connectivity index (χ2v) is 6.24. The smallest absolute Gasteiger partial charge is 0.0802 e. The molecule has 0 bridgehead atoms. The molecule has 1 aromatic rings. The van der Waals surface area contributed by atoms with Crippen molar-refractivity contribution in [3.05, 3.63) is 34.9 Å². The summed E-state index contributed by atoms with van der Waals surface area (Å²) in [5.74, 6) is 0. The molecule has 0 amide bonds. The Morgan fingerprint density at radius 3 is 2.90 bits per heavy atom. The number of hydrogen-bond acceptors (Lipinski definition) is 3. The number of benzene rings is 1. The van der Waals surface area contributed by atoms with Gasteiger partial charge in [0.1, 0.15) is 0 Å². The Bertz CT molecular complexity index is 437. The van der Waals surface area contributed by atoms with Crippen LogP contribution in [0.3, 0.4) is 0 Å². The molecule has 1 heterocycles.